The topological polar surface area (TPSA) is 43.4 Å². The van der Waals surface area contributed by atoms with Gasteiger partial charge in [-0.15, -0.1) is 0 Å². The first kappa shape index (κ1) is 19.2. The van der Waals surface area contributed by atoms with Crippen LogP contribution in [0.15, 0.2) is 0 Å². The number of Topliss-reactive ketones (excluding diaryl/α,β-unsaturated/α-hetero) is 1. The lowest BCUT2D eigenvalue weighted by Gasteiger charge is -2.42. The van der Waals surface area contributed by atoms with Crippen LogP contribution in [0, 0.1) is 29.1 Å². The molecule has 2 aliphatic heterocycles. The van der Waals surface area contributed by atoms with E-state index >= 15 is 0 Å². The Morgan fingerprint density at radius 1 is 1.18 bits per heavy atom. The minimum atomic E-state index is -0.243. The van der Waals surface area contributed by atoms with Gasteiger partial charge in [0.1, 0.15) is 11.9 Å². The Kier molecular flexibility index (Phi) is 5.86. The number of carbonyl (C=O) groups is 2. The molecule has 4 bridgehead atoms. The van der Waals surface area contributed by atoms with E-state index in [1.165, 1.54) is 6.42 Å². The molecule has 2 aliphatic carbocycles. The highest BCUT2D eigenvalue weighted by Crippen LogP contribution is 2.51. The molecular formula is C19H34O3. The second kappa shape index (κ2) is 6.72. The Balaban J connectivity index is 0.00000121. The smallest absolute Gasteiger partial charge is 0.309 e. The highest BCUT2D eigenvalue weighted by atomic mass is 16.5. The number of hydrogen-bond acceptors (Lipinski definition) is 3. The van der Waals surface area contributed by atoms with Crippen LogP contribution in [0.25, 0.3) is 0 Å². The third-order valence-electron chi connectivity index (χ3n) is 6.15. The zero-order valence-corrected chi connectivity index (χ0v) is 12.9. The molecule has 5 unspecified atom stereocenters. The van der Waals surface area contributed by atoms with E-state index in [0.29, 0.717) is 24.0 Å². The largest absolute Gasteiger partial charge is 0.462 e. The van der Waals surface area contributed by atoms with Crippen LogP contribution in [0.3, 0.4) is 0 Å². The van der Waals surface area contributed by atoms with Gasteiger partial charge in [0, 0.05) is 17.8 Å². The number of rotatable bonds is 4. The summed E-state index contributed by atoms with van der Waals surface area (Å²) in [5, 5.41) is 0. The van der Waals surface area contributed by atoms with Gasteiger partial charge in [0.2, 0.25) is 0 Å². The molecule has 0 radical (unpaired) electrons. The van der Waals surface area contributed by atoms with Crippen molar-refractivity contribution in [2.24, 2.45) is 29.1 Å². The van der Waals surface area contributed by atoms with Crippen LogP contribution in [-0.2, 0) is 14.3 Å². The minimum Gasteiger partial charge on any atom is -0.462 e. The van der Waals surface area contributed by atoms with Crippen LogP contribution in [-0.4, -0.2) is 17.9 Å². The Bertz CT molecular complexity index is 426. The molecule has 0 aromatic heterocycles. The van der Waals surface area contributed by atoms with Gasteiger partial charge >= 0.3 is 5.97 Å². The second-order valence-corrected chi connectivity index (χ2v) is 7.77. The summed E-state index contributed by atoms with van der Waals surface area (Å²) in [7, 11) is 0. The number of carbonyl (C=O) groups excluding carboxylic acids is 2. The lowest BCUT2D eigenvalue weighted by atomic mass is 9.61. The molecular weight excluding hydrogens is 276 g/mol. The van der Waals surface area contributed by atoms with E-state index in [1.54, 1.807) is 0 Å². The first-order valence-corrected chi connectivity index (χ1v) is 8.14. The van der Waals surface area contributed by atoms with Gasteiger partial charge in [-0.25, -0.2) is 0 Å². The standard InChI is InChI=1S/C17H26O3.2CH4/c1-4-17(2,3)15(18)9-13-11-5-10-6-12(8-11)16(19)20-14(13)7-10;;/h10-14H,4-9H2,1-3H3;2*1H4. The fourth-order valence-corrected chi connectivity index (χ4v) is 4.39. The second-order valence-electron chi connectivity index (χ2n) is 7.77. The predicted octanol–water partition coefficient (Wildman–Crippen LogP) is 4.63. The maximum Gasteiger partial charge on any atom is 0.309 e. The molecule has 0 amide bonds. The van der Waals surface area contributed by atoms with Gasteiger partial charge in [-0.2, -0.15) is 0 Å². The lowest BCUT2D eigenvalue weighted by molar-refractivity contribution is -0.154. The third-order valence-corrected chi connectivity index (χ3v) is 6.15. The summed E-state index contributed by atoms with van der Waals surface area (Å²) >= 11 is 0. The number of esters is 1. The van der Waals surface area contributed by atoms with E-state index in [0.717, 1.165) is 25.7 Å². The zero-order valence-electron chi connectivity index (χ0n) is 12.9. The monoisotopic (exact) mass is 310 g/mol. The van der Waals surface area contributed by atoms with Crippen molar-refractivity contribution in [3.8, 4) is 0 Å². The molecule has 0 aromatic rings. The molecule has 3 nitrogen and oxygen atoms in total. The van der Waals surface area contributed by atoms with Crippen LogP contribution in [0.4, 0.5) is 0 Å². The Morgan fingerprint density at radius 2 is 1.86 bits per heavy atom. The van der Waals surface area contributed by atoms with Crippen LogP contribution in [0.1, 0.15) is 74.1 Å². The molecule has 5 atom stereocenters. The first-order chi connectivity index (χ1) is 9.40. The van der Waals surface area contributed by atoms with Gasteiger partial charge in [0.25, 0.3) is 0 Å². The summed E-state index contributed by atoms with van der Waals surface area (Å²) < 4.78 is 5.70. The van der Waals surface area contributed by atoms with Crippen LogP contribution in [0.2, 0.25) is 0 Å². The van der Waals surface area contributed by atoms with E-state index in [4.69, 9.17) is 4.74 Å². The van der Waals surface area contributed by atoms with Crippen molar-refractivity contribution >= 4 is 11.8 Å². The molecule has 128 valence electrons. The molecule has 4 rings (SSSR count). The van der Waals surface area contributed by atoms with E-state index in [1.807, 2.05) is 13.8 Å². The van der Waals surface area contributed by atoms with Gasteiger partial charge in [-0.1, -0.05) is 35.6 Å². The van der Waals surface area contributed by atoms with E-state index in [9.17, 15) is 9.59 Å². The first-order valence-electron chi connectivity index (χ1n) is 8.14. The summed E-state index contributed by atoms with van der Waals surface area (Å²) in [6.45, 7) is 6.14. The van der Waals surface area contributed by atoms with Crippen molar-refractivity contribution in [1.29, 1.82) is 0 Å². The summed E-state index contributed by atoms with van der Waals surface area (Å²) in [4.78, 5) is 24.6. The molecule has 22 heavy (non-hydrogen) atoms. The fraction of sp³-hybridized carbons (Fsp3) is 0.895. The van der Waals surface area contributed by atoms with Gasteiger partial charge in [-0.05, 0) is 43.9 Å². The van der Waals surface area contributed by atoms with Crippen LogP contribution in [0.5, 0.6) is 0 Å². The molecule has 2 saturated carbocycles. The number of hydrogen-bond donors (Lipinski definition) is 0. The Labute approximate surface area is 136 Å². The summed E-state index contributed by atoms with van der Waals surface area (Å²) in [5.41, 5.74) is -0.243. The van der Waals surface area contributed by atoms with Crippen molar-refractivity contribution in [3.63, 3.8) is 0 Å². The van der Waals surface area contributed by atoms with Crippen molar-refractivity contribution in [1.82, 2.24) is 0 Å². The molecule has 2 heterocycles. The maximum absolute atomic E-state index is 12.5. The molecule has 0 aromatic carbocycles. The van der Waals surface area contributed by atoms with Crippen LogP contribution < -0.4 is 0 Å². The minimum absolute atomic E-state index is 0. The van der Waals surface area contributed by atoms with E-state index in [2.05, 4.69) is 6.92 Å². The zero-order chi connectivity index (χ0) is 14.5. The highest BCUT2D eigenvalue weighted by Gasteiger charge is 2.50. The lowest BCUT2D eigenvalue weighted by Crippen LogP contribution is -2.41. The molecule has 0 N–H and O–H groups in total. The van der Waals surface area contributed by atoms with Gasteiger partial charge in [0.15, 0.2) is 0 Å². The summed E-state index contributed by atoms with van der Waals surface area (Å²) in [5.74, 6) is 1.92. The molecule has 0 spiro atoms. The van der Waals surface area contributed by atoms with Gasteiger partial charge in [0.05, 0.1) is 5.92 Å². The van der Waals surface area contributed by atoms with Crippen molar-refractivity contribution in [3.05, 3.63) is 0 Å². The number of ketones is 1. The van der Waals surface area contributed by atoms with Crippen LogP contribution >= 0.6 is 0 Å². The quantitative estimate of drug-likeness (QED) is 0.711. The van der Waals surface area contributed by atoms with Crippen molar-refractivity contribution in [2.75, 3.05) is 0 Å². The predicted molar refractivity (Wildman–Crippen MR) is 89.5 cm³/mol. The number of ether oxygens (including phenoxy) is 1. The normalized spacial score (nSPS) is 36.0. The van der Waals surface area contributed by atoms with Crippen molar-refractivity contribution in [2.45, 2.75) is 80.3 Å². The Morgan fingerprint density at radius 3 is 2.50 bits per heavy atom. The van der Waals surface area contributed by atoms with Gasteiger partial charge in [-0.3, -0.25) is 9.59 Å². The van der Waals surface area contributed by atoms with E-state index < -0.39 is 0 Å². The summed E-state index contributed by atoms with van der Waals surface area (Å²) in [6, 6.07) is 0. The van der Waals surface area contributed by atoms with Crippen molar-refractivity contribution < 1.29 is 14.3 Å². The van der Waals surface area contributed by atoms with Gasteiger partial charge < -0.3 is 4.74 Å². The average molecular weight is 310 g/mol. The third kappa shape index (κ3) is 3.23. The maximum atomic E-state index is 12.5. The SMILES string of the molecule is C.C.CCC(C)(C)C(=O)CC1C2CC3CC(C2)C(=O)OC1C3. The molecule has 4 aliphatic rings. The number of fused-ring (bicyclic) bond motifs is 1. The average Bonchev–Trinajstić information content (AvgIpc) is 2.56. The molecule has 2 saturated heterocycles. The highest BCUT2D eigenvalue weighted by molar-refractivity contribution is 5.84. The fourth-order valence-electron chi connectivity index (χ4n) is 4.39. The summed E-state index contributed by atoms with van der Waals surface area (Å²) in [6.07, 6.45) is 5.65. The molecule has 3 heteroatoms. The molecule has 4 fully saturated rings. The Hall–Kier alpha value is -0.860. The van der Waals surface area contributed by atoms with E-state index in [-0.39, 0.29) is 44.2 Å².